The summed E-state index contributed by atoms with van der Waals surface area (Å²) in [4.78, 5) is 8.12. The summed E-state index contributed by atoms with van der Waals surface area (Å²) < 4.78 is 0.756. The van der Waals surface area contributed by atoms with Crippen LogP contribution in [0.2, 0.25) is 0 Å². The van der Waals surface area contributed by atoms with Gasteiger partial charge in [0.1, 0.15) is 10.4 Å². The van der Waals surface area contributed by atoms with Gasteiger partial charge in [0.15, 0.2) is 0 Å². The van der Waals surface area contributed by atoms with Crippen molar-refractivity contribution in [3.63, 3.8) is 0 Å². The van der Waals surface area contributed by atoms with Crippen molar-refractivity contribution in [2.24, 2.45) is 0 Å². The summed E-state index contributed by atoms with van der Waals surface area (Å²) in [7, 11) is 0. The van der Waals surface area contributed by atoms with E-state index in [0.29, 0.717) is 6.04 Å². The SMILES string of the molecule is CC(C)Nc1cnc(Br)cn1. The summed E-state index contributed by atoms with van der Waals surface area (Å²) in [5.41, 5.74) is 0. The summed E-state index contributed by atoms with van der Waals surface area (Å²) >= 11 is 3.21. The highest BCUT2D eigenvalue weighted by atomic mass is 79.9. The Balaban J connectivity index is 2.66. The van der Waals surface area contributed by atoms with E-state index in [0.717, 1.165) is 10.4 Å². The molecule has 1 rings (SSSR count). The summed E-state index contributed by atoms with van der Waals surface area (Å²) in [6.07, 6.45) is 3.37. The molecule has 0 fully saturated rings. The predicted molar refractivity (Wildman–Crippen MR) is 48.5 cm³/mol. The van der Waals surface area contributed by atoms with Crippen LogP contribution in [0.3, 0.4) is 0 Å². The Morgan fingerprint density at radius 3 is 2.55 bits per heavy atom. The van der Waals surface area contributed by atoms with Gasteiger partial charge in [0, 0.05) is 6.04 Å². The minimum absolute atomic E-state index is 0.394. The Morgan fingerprint density at radius 1 is 1.36 bits per heavy atom. The Bertz CT molecular complexity index is 220. The lowest BCUT2D eigenvalue weighted by Crippen LogP contribution is -2.10. The second-order valence-corrected chi connectivity index (χ2v) is 3.34. The maximum absolute atomic E-state index is 4.10. The molecule has 0 saturated carbocycles. The number of hydrogen-bond acceptors (Lipinski definition) is 3. The van der Waals surface area contributed by atoms with Crippen molar-refractivity contribution in [1.82, 2.24) is 9.97 Å². The van der Waals surface area contributed by atoms with Crippen molar-refractivity contribution >= 4 is 21.7 Å². The Labute approximate surface area is 74.4 Å². The molecular formula is C7H10BrN3. The molecule has 0 unspecified atom stereocenters. The number of halogens is 1. The molecule has 4 heteroatoms. The van der Waals surface area contributed by atoms with Crippen molar-refractivity contribution in [3.05, 3.63) is 17.0 Å². The van der Waals surface area contributed by atoms with E-state index in [-0.39, 0.29) is 0 Å². The molecule has 0 radical (unpaired) electrons. The summed E-state index contributed by atoms with van der Waals surface area (Å²) in [5, 5.41) is 3.14. The van der Waals surface area contributed by atoms with Crippen LogP contribution in [-0.2, 0) is 0 Å². The molecule has 0 bridgehead atoms. The molecular weight excluding hydrogens is 206 g/mol. The van der Waals surface area contributed by atoms with Crippen LogP contribution < -0.4 is 5.32 Å². The van der Waals surface area contributed by atoms with Gasteiger partial charge in [0.25, 0.3) is 0 Å². The first-order valence-corrected chi connectivity index (χ1v) is 4.22. The first-order chi connectivity index (χ1) is 5.18. The molecule has 0 amide bonds. The van der Waals surface area contributed by atoms with Crippen LogP contribution in [-0.4, -0.2) is 16.0 Å². The maximum Gasteiger partial charge on any atom is 0.144 e. The fourth-order valence-electron chi connectivity index (χ4n) is 0.683. The highest BCUT2D eigenvalue weighted by Crippen LogP contribution is 2.06. The Kier molecular flexibility index (Phi) is 2.82. The quantitative estimate of drug-likeness (QED) is 0.822. The number of aromatic nitrogens is 2. The van der Waals surface area contributed by atoms with E-state index in [9.17, 15) is 0 Å². The zero-order chi connectivity index (χ0) is 8.27. The van der Waals surface area contributed by atoms with Crippen LogP contribution in [0, 0.1) is 0 Å². The van der Waals surface area contributed by atoms with Crippen molar-refractivity contribution in [2.45, 2.75) is 19.9 Å². The smallest absolute Gasteiger partial charge is 0.144 e. The molecule has 0 atom stereocenters. The van der Waals surface area contributed by atoms with Gasteiger partial charge in [0.05, 0.1) is 12.4 Å². The third-order valence-corrected chi connectivity index (χ3v) is 1.47. The third kappa shape index (κ3) is 2.84. The first kappa shape index (κ1) is 8.46. The third-order valence-electron chi connectivity index (χ3n) is 1.06. The molecule has 60 valence electrons. The second kappa shape index (κ2) is 3.67. The second-order valence-electron chi connectivity index (χ2n) is 2.52. The highest BCUT2D eigenvalue weighted by molar-refractivity contribution is 9.10. The molecule has 1 heterocycles. The van der Waals surface area contributed by atoms with Crippen LogP contribution in [0.15, 0.2) is 17.0 Å². The zero-order valence-electron chi connectivity index (χ0n) is 6.50. The average molecular weight is 216 g/mol. The number of nitrogens with zero attached hydrogens (tertiary/aromatic N) is 2. The van der Waals surface area contributed by atoms with Crippen LogP contribution in [0.25, 0.3) is 0 Å². The van der Waals surface area contributed by atoms with Gasteiger partial charge in [-0.3, -0.25) is 0 Å². The van der Waals surface area contributed by atoms with Gasteiger partial charge in [-0.1, -0.05) is 0 Å². The van der Waals surface area contributed by atoms with Crippen molar-refractivity contribution in [1.29, 1.82) is 0 Å². The predicted octanol–water partition coefficient (Wildman–Crippen LogP) is 2.06. The maximum atomic E-state index is 4.10. The monoisotopic (exact) mass is 215 g/mol. The standard InChI is InChI=1S/C7H10BrN3/c1-5(2)11-7-4-9-6(8)3-10-7/h3-5H,1-2H3,(H,10,11). The van der Waals surface area contributed by atoms with Gasteiger partial charge in [-0.25, -0.2) is 9.97 Å². The van der Waals surface area contributed by atoms with Crippen molar-refractivity contribution in [2.75, 3.05) is 5.32 Å². The van der Waals surface area contributed by atoms with Crippen molar-refractivity contribution < 1.29 is 0 Å². The van der Waals surface area contributed by atoms with E-state index < -0.39 is 0 Å². The van der Waals surface area contributed by atoms with E-state index in [4.69, 9.17) is 0 Å². The molecule has 0 spiro atoms. The Morgan fingerprint density at radius 2 is 2.09 bits per heavy atom. The molecule has 1 aromatic heterocycles. The zero-order valence-corrected chi connectivity index (χ0v) is 8.09. The number of nitrogens with one attached hydrogen (secondary N) is 1. The normalized spacial score (nSPS) is 10.2. The minimum atomic E-state index is 0.394. The van der Waals surface area contributed by atoms with Crippen LogP contribution in [0.4, 0.5) is 5.82 Å². The van der Waals surface area contributed by atoms with E-state index in [1.165, 1.54) is 0 Å². The van der Waals surface area contributed by atoms with Crippen molar-refractivity contribution in [3.8, 4) is 0 Å². The van der Waals surface area contributed by atoms with E-state index in [1.54, 1.807) is 12.4 Å². The van der Waals surface area contributed by atoms with Crippen LogP contribution >= 0.6 is 15.9 Å². The molecule has 0 aliphatic carbocycles. The van der Waals surface area contributed by atoms with E-state index in [2.05, 4.69) is 45.1 Å². The lowest BCUT2D eigenvalue weighted by Gasteiger charge is -2.07. The summed E-state index contributed by atoms with van der Waals surface area (Å²) in [5.74, 6) is 0.809. The van der Waals surface area contributed by atoms with Crippen LogP contribution in [0.1, 0.15) is 13.8 Å². The molecule has 0 aliphatic rings. The molecule has 1 N–H and O–H groups in total. The van der Waals surface area contributed by atoms with Gasteiger partial charge in [-0.05, 0) is 29.8 Å². The molecule has 0 aliphatic heterocycles. The van der Waals surface area contributed by atoms with Gasteiger partial charge in [0.2, 0.25) is 0 Å². The van der Waals surface area contributed by atoms with Gasteiger partial charge in [-0.15, -0.1) is 0 Å². The largest absolute Gasteiger partial charge is 0.367 e. The molecule has 0 saturated heterocycles. The highest BCUT2D eigenvalue weighted by Gasteiger charge is 1.95. The fourth-order valence-corrected chi connectivity index (χ4v) is 0.887. The Hall–Kier alpha value is -0.640. The molecule has 11 heavy (non-hydrogen) atoms. The van der Waals surface area contributed by atoms with Gasteiger partial charge in [-0.2, -0.15) is 0 Å². The molecule has 3 nitrogen and oxygen atoms in total. The number of anilines is 1. The summed E-state index contributed by atoms with van der Waals surface area (Å²) in [6, 6.07) is 0.394. The fraction of sp³-hybridized carbons (Fsp3) is 0.429. The molecule has 1 aromatic rings. The van der Waals surface area contributed by atoms with Crippen LogP contribution in [0.5, 0.6) is 0 Å². The lowest BCUT2D eigenvalue weighted by atomic mass is 10.4. The van der Waals surface area contributed by atoms with E-state index >= 15 is 0 Å². The average Bonchev–Trinajstić information content (AvgIpc) is 1.93. The van der Waals surface area contributed by atoms with Gasteiger partial charge >= 0.3 is 0 Å². The first-order valence-electron chi connectivity index (χ1n) is 3.42. The van der Waals surface area contributed by atoms with Gasteiger partial charge < -0.3 is 5.32 Å². The summed E-state index contributed by atoms with van der Waals surface area (Å²) in [6.45, 7) is 4.12. The lowest BCUT2D eigenvalue weighted by molar-refractivity contribution is 0.884. The molecule has 0 aromatic carbocycles. The topological polar surface area (TPSA) is 37.8 Å². The number of rotatable bonds is 2. The number of hydrogen-bond donors (Lipinski definition) is 1. The minimum Gasteiger partial charge on any atom is -0.367 e. The van der Waals surface area contributed by atoms with E-state index in [1.807, 2.05) is 0 Å².